The number of rotatable bonds is 4. The molecule has 7 nitrogen and oxygen atoms in total. The van der Waals surface area contributed by atoms with E-state index in [0.29, 0.717) is 44.8 Å². The van der Waals surface area contributed by atoms with Crippen molar-refractivity contribution in [3.8, 4) is 0 Å². The largest absolute Gasteiger partial charge is 0.367 e. The topological polar surface area (TPSA) is 73.0 Å². The van der Waals surface area contributed by atoms with E-state index in [1.54, 1.807) is 41.3 Å². The number of carbonyl (C=O) groups excluding carboxylic acids is 1. The van der Waals surface area contributed by atoms with Gasteiger partial charge in [0.15, 0.2) is 0 Å². The lowest BCUT2D eigenvalue weighted by Gasteiger charge is -2.35. The van der Waals surface area contributed by atoms with Gasteiger partial charge in [0.2, 0.25) is 10.0 Å². The van der Waals surface area contributed by atoms with E-state index in [0.717, 1.165) is 36.9 Å². The molecule has 0 bridgehead atoms. The van der Waals surface area contributed by atoms with Crippen LogP contribution in [-0.2, 0) is 16.4 Å². The third kappa shape index (κ3) is 4.51. The van der Waals surface area contributed by atoms with Crippen molar-refractivity contribution in [1.29, 1.82) is 0 Å². The Morgan fingerprint density at radius 3 is 2.38 bits per heavy atom. The summed E-state index contributed by atoms with van der Waals surface area (Å²) in [7, 11) is -3.67. The van der Waals surface area contributed by atoms with E-state index in [4.69, 9.17) is 0 Å². The van der Waals surface area contributed by atoms with Gasteiger partial charge in [0.05, 0.1) is 10.6 Å². The highest BCUT2D eigenvalue weighted by molar-refractivity contribution is 7.89. The number of benzene rings is 2. The molecular weight excluding hydrogens is 455 g/mol. The smallest absolute Gasteiger partial charge is 0.322 e. The zero-order valence-electron chi connectivity index (χ0n) is 19.2. The third-order valence-corrected chi connectivity index (χ3v) is 9.09. The highest BCUT2D eigenvalue weighted by atomic mass is 32.2. The first-order chi connectivity index (χ1) is 16.4. The van der Waals surface area contributed by atoms with Crippen LogP contribution in [0, 0.1) is 5.82 Å². The SMILES string of the molecule is O=C(NC1CCCCC1)N1CCc2cc(S(=O)(=O)N3CCN(c4ccccc4F)CC3)ccc21. The van der Waals surface area contributed by atoms with Gasteiger partial charge < -0.3 is 10.2 Å². The normalized spacial score (nSPS) is 19.8. The Kier molecular flexibility index (Phi) is 6.48. The maximum Gasteiger partial charge on any atom is 0.322 e. The van der Waals surface area contributed by atoms with Crippen molar-refractivity contribution >= 4 is 27.4 Å². The van der Waals surface area contributed by atoms with E-state index in [1.165, 1.54) is 16.8 Å². The molecule has 34 heavy (non-hydrogen) atoms. The molecule has 2 aromatic carbocycles. The van der Waals surface area contributed by atoms with Gasteiger partial charge in [-0.3, -0.25) is 4.90 Å². The number of nitrogens with one attached hydrogen (secondary N) is 1. The third-order valence-electron chi connectivity index (χ3n) is 7.19. The van der Waals surface area contributed by atoms with Gasteiger partial charge in [-0.15, -0.1) is 0 Å². The molecule has 9 heteroatoms. The summed E-state index contributed by atoms with van der Waals surface area (Å²) < 4.78 is 42.2. The number of sulfonamides is 1. The number of carbonyl (C=O) groups is 1. The number of fused-ring (bicyclic) bond motifs is 1. The molecule has 2 aliphatic heterocycles. The van der Waals surface area contributed by atoms with Crippen molar-refractivity contribution in [2.24, 2.45) is 0 Å². The Balaban J connectivity index is 1.26. The fourth-order valence-corrected chi connectivity index (χ4v) is 6.75. The van der Waals surface area contributed by atoms with Crippen LogP contribution in [0.2, 0.25) is 0 Å². The lowest BCUT2D eigenvalue weighted by molar-refractivity contribution is 0.238. The molecule has 1 N–H and O–H groups in total. The number of amides is 2. The van der Waals surface area contributed by atoms with Gasteiger partial charge in [-0.1, -0.05) is 31.4 Å². The predicted molar refractivity (Wildman–Crippen MR) is 130 cm³/mol. The van der Waals surface area contributed by atoms with Crippen molar-refractivity contribution in [3.05, 3.63) is 53.8 Å². The predicted octanol–water partition coefficient (Wildman–Crippen LogP) is 3.74. The van der Waals surface area contributed by atoms with Crippen LogP contribution < -0.4 is 15.1 Å². The fraction of sp³-hybridized carbons (Fsp3) is 0.480. The first-order valence-corrected chi connectivity index (χ1v) is 13.6. The van der Waals surface area contributed by atoms with Crippen LogP contribution in [-0.4, -0.2) is 57.5 Å². The Morgan fingerprint density at radius 1 is 0.912 bits per heavy atom. The van der Waals surface area contributed by atoms with E-state index in [1.807, 2.05) is 4.90 Å². The maximum absolute atomic E-state index is 14.1. The Morgan fingerprint density at radius 2 is 1.65 bits per heavy atom. The molecule has 182 valence electrons. The summed E-state index contributed by atoms with van der Waals surface area (Å²) in [5, 5.41) is 3.15. The van der Waals surface area contributed by atoms with Crippen LogP contribution in [0.1, 0.15) is 37.7 Å². The highest BCUT2D eigenvalue weighted by Gasteiger charge is 2.32. The van der Waals surface area contributed by atoms with Crippen LogP contribution in [0.25, 0.3) is 0 Å². The molecule has 2 heterocycles. The van der Waals surface area contributed by atoms with Crippen LogP contribution in [0.5, 0.6) is 0 Å². The number of hydrogen-bond donors (Lipinski definition) is 1. The average molecular weight is 487 g/mol. The lowest BCUT2D eigenvalue weighted by Crippen LogP contribution is -2.48. The van der Waals surface area contributed by atoms with Crippen molar-refractivity contribution in [1.82, 2.24) is 9.62 Å². The zero-order valence-corrected chi connectivity index (χ0v) is 20.1. The van der Waals surface area contributed by atoms with E-state index in [-0.39, 0.29) is 22.8 Å². The first kappa shape index (κ1) is 23.1. The molecule has 3 aliphatic rings. The molecule has 5 rings (SSSR count). The van der Waals surface area contributed by atoms with Gasteiger partial charge in [-0.25, -0.2) is 17.6 Å². The summed E-state index contributed by atoms with van der Waals surface area (Å²) >= 11 is 0. The molecule has 2 fully saturated rings. The van der Waals surface area contributed by atoms with Crippen molar-refractivity contribution in [2.45, 2.75) is 49.5 Å². The van der Waals surface area contributed by atoms with Gasteiger partial charge in [-0.05, 0) is 55.2 Å². The molecule has 2 amide bonds. The second-order valence-corrected chi connectivity index (χ2v) is 11.3. The van der Waals surface area contributed by atoms with Gasteiger partial charge in [0.25, 0.3) is 0 Å². The van der Waals surface area contributed by atoms with E-state index in [2.05, 4.69) is 5.32 Å². The quantitative estimate of drug-likeness (QED) is 0.715. The summed E-state index contributed by atoms with van der Waals surface area (Å²) in [6.07, 6.45) is 6.21. The number of urea groups is 1. The average Bonchev–Trinajstić information content (AvgIpc) is 3.29. The summed E-state index contributed by atoms with van der Waals surface area (Å²) in [6.45, 7) is 2.01. The number of halogens is 1. The number of anilines is 2. The molecule has 0 radical (unpaired) electrons. The van der Waals surface area contributed by atoms with Gasteiger partial charge >= 0.3 is 6.03 Å². The minimum Gasteiger partial charge on any atom is -0.367 e. The molecular formula is C25H31FN4O3S. The molecule has 2 aromatic rings. The van der Waals surface area contributed by atoms with Crippen molar-refractivity contribution in [2.75, 3.05) is 42.5 Å². The van der Waals surface area contributed by atoms with Crippen LogP contribution in [0.4, 0.5) is 20.6 Å². The first-order valence-electron chi connectivity index (χ1n) is 12.1. The summed E-state index contributed by atoms with van der Waals surface area (Å²) in [4.78, 5) is 16.7. The number of nitrogens with zero attached hydrogens (tertiary/aromatic N) is 3. The van der Waals surface area contributed by atoms with Gasteiger partial charge in [0.1, 0.15) is 5.82 Å². The molecule has 1 saturated heterocycles. The zero-order chi connectivity index (χ0) is 23.7. The van der Waals surface area contributed by atoms with Crippen molar-refractivity contribution in [3.63, 3.8) is 0 Å². The van der Waals surface area contributed by atoms with E-state index in [9.17, 15) is 17.6 Å². The van der Waals surface area contributed by atoms with Crippen molar-refractivity contribution < 1.29 is 17.6 Å². The number of para-hydroxylation sites is 1. The Bertz CT molecular complexity index is 1160. The van der Waals surface area contributed by atoms with Crippen LogP contribution >= 0.6 is 0 Å². The molecule has 0 atom stereocenters. The second kappa shape index (κ2) is 9.54. The Labute approximate surface area is 200 Å². The summed E-state index contributed by atoms with van der Waals surface area (Å²) in [5.74, 6) is -0.297. The molecule has 0 unspecified atom stereocenters. The minimum absolute atomic E-state index is 0.0921. The second-order valence-electron chi connectivity index (χ2n) is 9.32. The van der Waals surface area contributed by atoms with Gasteiger partial charge in [-0.2, -0.15) is 4.31 Å². The number of piperazine rings is 1. The summed E-state index contributed by atoms with van der Waals surface area (Å²) in [6, 6.07) is 11.8. The molecule has 1 saturated carbocycles. The van der Waals surface area contributed by atoms with E-state index < -0.39 is 10.0 Å². The van der Waals surface area contributed by atoms with Gasteiger partial charge in [0, 0.05) is 44.5 Å². The standard InChI is InChI=1S/C25H31FN4O3S/c26-22-8-4-5-9-24(22)28-14-16-29(17-15-28)34(32,33)21-10-11-23-19(18-21)12-13-30(23)25(31)27-20-6-2-1-3-7-20/h4-5,8-11,18,20H,1-3,6-7,12-17H2,(H,27,31). The Hall–Kier alpha value is -2.65. The minimum atomic E-state index is -3.67. The van der Waals surface area contributed by atoms with E-state index >= 15 is 0 Å². The molecule has 1 aliphatic carbocycles. The lowest BCUT2D eigenvalue weighted by atomic mass is 9.96. The molecule has 0 aromatic heterocycles. The molecule has 0 spiro atoms. The van der Waals surface area contributed by atoms with Crippen LogP contribution in [0.3, 0.4) is 0 Å². The highest BCUT2D eigenvalue weighted by Crippen LogP contribution is 2.32. The summed E-state index contributed by atoms with van der Waals surface area (Å²) in [5.41, 5.74) is 2.17. The number of hydrogen-bond acceptors (Lipinski definition) is 4. The maximum atomic E-state index is 14.1. The fourth-order valence-electron chi connectivity index (χ4n) is 5.28. The monoisotopic (exact) mass is 486 g/mol. The van der Waals surface area contributed by atoms with Crippen LogP contribution in [0.15, 0.2) is 47.4 Å².